The highest BCUT2D eigenvalue weighted by Gasteiger charge is 2.33. The molecule has 1 aromatic carbocycles. The molecule has 7 heteroatoms. The number of carbonyl (C=O) groups is 2. The predicted molar refractivity (Wildman–Crippen MR) is 93.4 cm³/mol. The number of hydrogen-bond acceptors (Lipinski definition) is 4. The number of nitrogens with one attached hydrogen (secondary N) is 2. The highest BCUT2D eigenvalue weighted by molar-refractivity contribution is 9.10. The number of aromatic hydroxyl groups is 1. The van der Waals surface area contributed by atoms with Gasteiger partial charge in [0, 0.05) is 5.70 Å². The second-order valence-corrected chi connectivity index (χ2v) is 6.31. The second kappa shape index (κ2) is 8.19. The molecule has 1 aromatic rings. The normalized spacial score (nSPS) is 17.3. The van der Waals surface area contributed by atoms with Gasteiger partial charge in [0.05, 0.1) is 22.7 Å². The smallest absolute Gasteiger partial charge is 0.338 e. The van der Waals surface area contributed by atoms with Gasteiger partial charge in [-0.25, -0.2) is 9.59 Å². The Kier molecular flexibility index (Phi) is 6.25. The van der Waals surface area contributed by atoms with E-state index in [9.17, 15) is 14.7 Å². The Labute approximate surface area is 149 Å². The lowest BCUT2D eigenvalue weighted by atomic mass is 9.93. The largest absolute Gasteiger partial charge is 0.507 e. The Morgan fingerprint density at radius 2 is 2.12 bits per heavy atom. The first-order valence-corrected chi connectivity index (χ1v) is 8.73. The highest BCUT2D eigenvalue weighted by atomic mass is 79.9. The number of amides is 2. The van der Waals surface area contributed by atoms with Gasteiger partial charge >= 0.3 is 12.0 Å². The Bertz CT molecular complexity index is 673. The third-order valence-electron chi connectivity index (χ3n) is 3.73. The van der Waals surface area contributed by atoms with E-state index in [4.69, 9.17) is 4.74 Å². The molecule has 0 radical (unpaired) electrons. The van der Waals surface area contributed by atoms with E-state index in [1.165, 1.54) is 6.07 Å². The van der Waals surface area contributed by atoms with Gasteiger partial charge in [-0.3, -0.25) is 0 Å². The van der Waals surface area contributed by atoms with Crippen molar-refractivity contribution in [3.63, 3.8) is 0 Å². The van der Waals surface area contributed by atoms with Crippen molar-refractivity contribution in [2.75, 3.05) is 6.61 Å². The fraction of sp³-hybridized carbons (Fsp3) is 0.412. The van der Waals surface area contributed by atoms with Gasteiger partial charge in [0.2, 0.25) is 0 Å². The third-order valence-corrected chi connectivity index (χ3v) is 4.37. The van der Waals surface area contributed by atoms with Crippen LogP contribution < -0.4 is 10.6 Å². The summed E-state index contributed by atoms with van der Waals surface area (Å²) in [7, 11) is 0. The zero-order valence-electron chi connectivity index (χ0n) is 13.7. The van der Waals surface area contributed by atoms with E-state index in [0.717, 1.165) is 12.8 Å². The maximum absolute atomic E-state index is 12.5. The Hall–Kier alpha value is -2.02. The number of hydrogen-bond donors (Lipinski definition) is 3. The van der Waals surface area contributed by atoms with E-state index >= 15 is 0 Å². The summed E-state index contributed by atoms with van der Waals surface area (Å²) >= 11 is 3.26. The molecule has 0 aliphatic carbocycles. The van der Waals surface area contributed by atoms with Crippen molar-refractivity contribution in [2.24, 2.45) is 0 Å². The fourth-order valence-electron chi connectivity index (χ4n) is 2.57. The van der Waals surface area contributed by atoms with Crippen molar-refractivity contribution in [1.29, 1.82) is 0 Å². The molecule has 1 aliphatic heterocycles. The Balaban J connectivity index is 2.49. The summed E-state index contributed by atoms with van der Waals surface area (Å²) < 4.78 is 5.68. The summed E-state index contributed by atoms with van der Waals surface area (Å²) in [6, 6.07) is 3.89. The van der Waals surface area contributed by atoms with Gasteiger partial charge in [-0.2, -0.15) is 0 Å². The van der Waals surface area contributed by atoms with E-state index < -0.39 is 12.0 Å². The first-order valence-electron chi connectivity index (χ1n) is 7.94. The molecule has 0 saturated heterocycles. The average molecular weight is 397 g/mol. The van der Waals surface area contributed by atoms with Crippen LogP contribution in [0.15, 0.2) is 33.9 Å². The number of allylic oxidation sites excluding steroid dienone is 1. The first-order chi connectivity index (χ1) is 11.5. The monoisotopic (exact) mass is 396 g/mol. The lowest BCUT2D eigenvalue weighted by molar-refractivity contribution is -0.139. The van der Waals surface area contributed by atoms with Crippen LogP contribution in [0.4, 0.5) is 4.79 Å². The number of phenols is 1. The van der Waals surface area contributed by atoms with Crippen molar-refractivity contribution >= 4 is 27.9 Å². The van der Waals surface area contributed by atoms with E-state index in [-0.39, 0.29) is 18.4 Å². The van der Waals surface area contributed by atoms with E-state index in [1.807, 2.05) is 6.92 Å². The number of halogens is 1. The van der Waals surface area contributed by atoms with Crippen LogP contribution in [-0.2, 0) is 9.53 Å². The number of ether oxygens (including phenoxy) is 1. The minimum Gasteiger partial charge on any atom is -0.507 e. The van der Waals surface area contributed by atoms with Gasteiger partial charge in [0.25, 0.3) is 0 Å². The molecule has 2 rings (SSSR count). The summed E-state index contributed by atoms with van der Waals surface area (Å²) in [6.07, 6.45) is 2.39. The fourth-order valence-corrected chi connectivity index (χ4v) is 2.97. The number of esters is 1. The minimum atomic E-state index is -0.624. The molecule has 6 nitrogen and oxygen atoms in total. The van der Waals surface area contributed by atoms with Crippen molar-refractivity contribution in [2.45, 2.75) is 39.2 Å². The van der Waals surface area contributed by atoms with Crippen LogP contribution in [0.5, 0.6) is 5.75 Å². The second-order valence-electron chi connectivity index (χ2n) is 5.46. The molecule has 130 valence electrons. The molecule has 3 N–H and O–H groups in total. The minimum absolute atomic E-state index is 0.0897. The van der Waals surface area contributed by atoms with Crippen molar-refractivity contribution < 1.29 is 19.4 Å². The van der Waals surface area contributed by atoms with E-state index in [1.54, 1.807) is 19.1 Å². The van der Waals surface area contributed by atoms with Gasteiger partial charge in [-0.15, -0.1) is 0 Å². The maximum atomic E-state index is 12.5. The topological polar surface area (TPSA) is 87.7 Å². The number of urea groups is 1. The van der Waals surface area contributed by atoms with Crippen LogP contribution >= 0.6 is 15.9 Å². The van der Waals surface area contributed by atoms with Crippen LogP contribution in [0.25, 0.3) is 0 Å². The predicted octanol–water partition coefficient (Wildman–Crippen LogP) is 3.52. The summed E-state index contributed by atoms with van der Waals surface area (Å²) in [6.45, 7) is 4.04. The standard InChI is InChI=1S/C17H21BrN2O4/c1-3-5-6-12-14(16(22)24-4-2)15(20-17(23)19-12)10-7-8-13(21)11(18)9-10/h7-9,15,21H,3-6H2,1-2H3,(H2,19,20,23). The molecule has 0 saturated carbocycles. The average Bonchev–Trinajstić information content (AvgIpc) is 2.55. The van der Waals surface area contributed by atoms with Gasteiger partial charge in [-0.05, 0) is 53.4 Å². The molecular weight excluding hydrogens is 376 g/mol. The molecule has 0 aromatic heterocycles. The summed E-state index contributed by atoms with van der Waals surface area (Å²) in [5, 5.41) is 15.2. The number of carbonyl (C=O) groups excluding carboxylic acids is 2. The van der Waals surface area contributed by atoms with Crippen molar-refractivity contribution in [3.05, 3.63) is 39.5 Å². The lowest BCUT2D eigenvalue weighted by Gasteiger charge is -2.29. The number of unbranched alkanes of at least 4 members (excludes halogenated alkanes) is 1. The van der Waals surface area contributed by atoms with Gasteiger partial charge < -0.3 is 20.5 Å². The maximum Gasteiger partial charge on any atom is 0.338 e. The number of phenolic OH excluding ortho intramolecular Hbond substituents is 1. The summed E-state index contributed by atoms with van der Waals surface area (Å²) in [5.41, 5.74) is 1.68. The van der Waals surface area contributed by atoms with Crippen LogP contribution in [0.2, 0.25) is 0 Å². The molecule has 0 fully saturated rings. The van der Waals surface area contributed by atoms with E-state index in [0.29, 0.717) is 27.7 Å². The van der Waals surface area contributed by atoms with Gasteiger partial charge in [0.15, 0.2) is 0 Å². The number of benzene rings is 1. The molecule has 24 heavy (non-hydrogen) atoms. The van der Waals surface area contributed by atoms with E-state index in [2.05, 4.69) is 26.6 Å². The highest BCUT2D eigenvalue weighted by Crippen LogP contribution is 2.33. The SMILES string of the molecule is CCCCC1=C(C(=O)OCC)C(c2ccc(O)c(Br)c2)NC(=O)N1. The summed E-state index contributed by atoms with van der Waals surface area (Å²) in [5.74, 6) is -0.364. The van der Waals surface area contributed by atoms with Gasteiger partial charge in [-0.1, -0.05) is 19.4 Å². The molecule has 0 spiro atoms. The van der Waals surface area contributed by atoms with Crippen LogP contribution in [0, 0.1) is 0 Å². The molecule has 1 heterocycles. The van der Waals surface area contributed by atoms with Gasteiger partial charge in [0.1, 0.15) is 5.75 Å². The first kappa shape index (κ1) is 18.3. The zero-order valence-corrected chi connectivity index (χ0v) is 15.3. The third kappa shape index (κ3) is 4.08. The number of rotatable bonds is 6. The quantitative estimate of drug-likeness (QED) is 0.641. The molecule has 1 unspecified atom stereocenters. The lowest BCUT2D eigenvalue weighted by Crippen LogP contribution is -2.46. The van der Waals surface area contributed by atoms with Crippen LogP contribution in [0.3, 0.4) is 0 Å². The molecule has 2 amide bonds. The Morgan fingerprint density at radius 3 is 2.75 bits per heavy atom. The zero-order chi connectivity index (χ0) is 17.7. The Morgan fingerprint density at radius 1 is 1.38 bits per heavy atom. The molecule has 0 bridgehead atoms. The van der Waals surface area contributed by atoms with Crippen LogP contribution in [0.1, 0.15) is 44.7 Å². The van der Waals surface area contributed by atoms with Crippen LogP contribution in [-0.4, -0.2) is 23.7 Å². The molecular formula is C17H21BrN2O4. The molecule has 1 aliphatic rings. The van der Waals surface area contributed by atoms with Crippen molar-refractivity contribution in [1.82, 2.24) is 10.6 Å². The molecule has 1 atom stereocenters. The summed E-state index contributed by atoms with van der Waals surface area (Å²) in [4.78, 5) is 24.5. The van der Waals surface area contributed by atoms with Crippen molar-refractivity contribution in [3.8, 4) is 5.75 Å².